The van der Waals surface area contributed by atoms with Gasteiger partial charge in [-0.1, -0.05) is 117 Å². The second-order valence-electron chi connectivity index (χ2n) is 10.7. The van der Waals surface area contributed by atoms with Gasteiger partial charge in [0, 0.05) is 22.6 Å². The summed E-state index contributed by atoms with van der Waals surface area (Å²) < 4.78 is 5.33. The van der Waals surface area contributed by atoms with Crippen molar-refractivity contribution in [2.75, 3.05) is 4.90 Å². The molecule has 0 saturated heterocycles. The van der Waals surface area contributed by atoms with Gasteiger partial charge >= 0.3 is 5.97 Å². The molecule has 0 amide bonds. The average molecular weight is 564 g/mol. The Balaban J connectivity index is 1.45. The maximum atomic E-state index is 11.8. The van der Waals surface area contributed by atoms with Gasteiger partial charge in [0.15, 0.2) is 0 Å². The number of hydrogen-bond acceptors (Lipinski definition) is 3. The molecule has 0 aromatic heterocycles. The van der Waals surface area contributed by atoms with Crippen molar-refractivity contribution in [3.8, 4) is 0 Å². The van der Waals surface area contributed by atoms with Gasteiger partial charge in [0.2, 0.25) is 0 Å². The Morgan fingerprint density at radius 1 is 0.674 bits per heavy atom. The lowest BCUT2D eigenvalue weighted by molar-refractivity contribution is -0.140. The predicted molar refractivity (Wildman–Crippen MR) is 180 cm³/mol. The highest BCUT2D eigenvalue weighted by Crippen LogP contribution is 2.35. The first kappa shape index (κ1) is 29.3. The topological polar surface area (TPSA) is 29.5 Å². The van der Waals surface area contributed by atoms with Gasteiger partial charge in [-0.2, -0.15) is 0 Å². The van der Waals surface area contributed by atoms with Crippen molar-refractivity contribution in [2.45, 2.75) is 33.3 Å². The van der Waals surface area contributed by atoms with Crippen molar-refractivity contribution >= 4 is 34.7 Å². The molecule has 0 aliphatic carbocycles. The number of para-hydroxylation sites is 1. The molecule has 5 rings (SSSR count). The van der Waals surface area contributed by atoms with Crippen molar-refractivity contribution < 1.29 is 9.53 Å². The molecule has 0 saturated carbocycles. The maximum absolute atomic E-state index is 11.8. The van der Waals surface area contributed by atoms with Crippen LogP contribution in [0.3, 0.4) is 0 Å². The second kappa shape index (κ2) is 14.2. The van der Waals surface area contributed by atoms with E-state index in [2.05, 4.69) is 128 Å². The number of carbonyl (C=O) groups is 1. The normalized spacial score (nSPS) is 11.2. The third-order valence-corrected chi connectivity index (χ3v) is 7.28. The first-order valence-electron chi connectivity index (χ1n) is 14.7. The fourth-order valence-corrected chi connectivity index (χ4v) is 5.01. The smallest absolute Gasteiger partial charge is 0.333 e. The van der Waals surface area contributed by atoms with E-state index >= 15 is 0 Å². The molecule has 5 aromatic rings. The standard InChI is InChI=1S/C40H37NO2/c1-4-11-31-16-22-35(23-17-31)39(34-12-7-5-8-13-34)28-32-18-24-37(25-19-32)41(36-14-9-6-10-15-36)38-26-20-33(21-27-38)29-43-40(42)30(2)3/h5-10,12-28H,2,4,11,29H2,1,3H3/b39-28+. The Labute approximate surface area is 255 Å². The van der Waals surface area contributed by atoms with E-state index in [1.54, 1.807) is 6.92 Å². The van der Waals surface area contributed by atoms with Crippen LogP contribution in [-0.4, -0.2) is 5.97 Å². The monoisotopic (exact) mass is 563 g/mol. The summed E-state index contributed by atoms with van der Waals surface area (Å²) in [6.45, 7) is 7.72. The Kier molecular flexibility index (Phi) is 9.66. The highest BCUT2D eigenvalue weighted by molar-refractivity contribution is 5.92. The average Bonchev–Trinajstić information content (AvgIpc) is 3.05. The lowest BCUT2D eigenvalue weighted by Gasteiger charge is -2.25. The number of carbonyl (C=O) groups excluding carboxylic acids is 1. The molecular weight excluding hydrogens is 526 g/mol. The molecule has 214 valence electrons. The van der Waals surface area contributed by atoms with E-state index in [4.69, 9.17) is 4.74 Å². The van der Waals surface area contributed by atoms with E-state index in [0.717, 1.165) is 41.0 Å². The first-order valence-corrected chi connectivity index (χ1v) is 14.7. The molecule has 0 atom stereocenters. The van der Waals surface area contributed by atoms with Crippen molar-refractivity contribution in [1.29, 1.82) is 0 Å². The second-order valence-corrected chi connectivity index (χ2v) is 10.7. The van der Waals surface area contributed by atoms with Gasteiger partial charge in [-0.15, -0.1) is 0 Å². The number of anilines is 3. The van der Waals surface area contributed by atoms with Gasteiger partial charge in [0.25, 0.3) is 0 Å². The molecule has 0 heterocycles. The SMILES string of the molecule is C=C(C)C(=O)OCc1ccc(N(c2ccccc2)c2ccc(/C=C(\c3ccccc3)c3ccc(CCC)cc3)cc2)cc1. The highest BCUT2D eigenvalue weighted by atomic mass is 16.5. The number of esters is 1. The van der Waals surface area contributed by atoms with E-state index in [1.165, 1.54) is 22.3 Å². The number of hydrogen-bond donors (Lipinski definition) is 0. The molecule has 0 aliphatic rings. The lowest BCUT2D eigenvalue weighted by Crippen LogP contribution is -2.10. The Hall–Kier alpha value is -5.15. The van der Waals surface area contributed by atoms with Crippen LogP contribution in [0.2, 0.25) is 0 Å². The van der Waals surface area contributed by atoms with Gasteiger partial charge in [-0.25, -0.2) is 4.79 Å². The van der Waals surface area contributed by atoms with Crippen LogP contribution in [0.1, 0.15) is 48.1 Å². The van der Waals surface area contributed by atoms with E-state index in [-0.39, 0.29) is 12.6 Å². The Morgan fingerprint density at radius 2 is 1.19 bits per heavy atom. The third-order valence-electron chi connectivity index (χ3n) is 7.28. The van der Waals surface area contributed by atoms with Gasteiger partial charge in [0.05, 0.1) is 0 Å². The van der Waals surface area contributed by atoms with Crippen LogP contribution in [0.25, 0.3) is 11.6 Å². The van der Waals surface area contributed by atoms with Crippen LogP contribution in [0.5, 0.6) is 0 Å². The summed E-state index contributed by atoms with van der Waals surface area (Å²) in [6.07, 6.45) is 4.50. The first-order chi connectivity index (χ1) is 21.0. The van der Waals surface area contributed by atoms with Crippen molar-refractivity contribution in [3.63, 3.8) is 0 Å². The molecule has 0 radical (unpaired) electrons. The predicted octanol–water partition coefficient (Wildman–Crippen LogP) is 10.3. The zero-order valence-electron chi connectivity index (χ0n) is 24.9. The number of rotatable bonds is 11. The highest BCUT2D eigenvalue weighted by Gasteiger charge is 2.13. The lowest BCUT2D eigenvalue weighted by atomic mass is 9.94. The van der Waals surface area contributed by atoms with Crippen LogP contribution in [0.15, 0.2) is 146 Å². The molecule has 0 fully saturated rings. The molecule has 3 heteroatoms. The van der Waals surface area contributed by atoms with E-state index in [9.17, 15) is 4.79 Å². The summed E-state index contributed by atoms with van der Waals surface area (Å²) in [4.78, 5) is 14.0. The van der Waals surface area contributed by atoms with Crippen LogP contribution in [0, 0.1) is 0 Å². The van der Waals surface area contributed by atoms with Crippen molar-refractivity contribution in [3.05, 3.63) is 173 Å². The number of aryl methyl sites for hydroxylation is 1. The largest absolute Gasteiger partial charge is 0.457 e. The quantitative estimate of drug-likeness (QED) is 0.0909. The fraction of sp³-hybridized carbons (Fsp3) is 0.125. The zero-order chi connectivity index (χ0) is 30.0. The third kappa shape index (κ3) is 7.58. The summed E-state index contributed by atoms with van der Waals surface area (Å²) in [5.74, 6) is -0.381. The number of benzene rings is 5. The van der Waals surface area contributed by atoms with Crippen LogP contribution < -0.4 is 4.90 Å². The molecule has 0 spiro atoms. The molecule has 0 bridgehead atoms. The molecule has 0 unspecified atom stereocenters. The molecular formula is C40H37NO2. The van der Waals surface area contributed by atoms with Crippen molar-refractivity contribution in [1.82, 2.24) is 0 Å². The Morgan fingerprint density at radius 3 is 1.77 bits per heavy atom. The van der Waals surface area contributed by atoms with E-state index < -0.39 is 0 Å². The zero-order valence-corrected chi connectivity index (χ0v) is 24.9. The summed E-state index contributed by atoms with van der Waals surface area (Å²) in [5.41, 5.74) is 10.5. The van der Waals surface area contributed by atoms with Gasteiger partial charge < -0.3 is 9.64 Å². The number of nitrogens with zero attached hydrogens (tertiary/aromatic N) is 1. The van der Waals surface area contributed by atoms with Crippen LogP contribution in [-0.2, 0) is 22.6 Å². The van der Waals surface area contributed by atoms with Gasteiger partial charge in [-0.3, -0.25) is 0 Å². The minimum absolute atomic E-state index is 0.212. The van der Waals surface area contributed by atoms with Crippen LogP contribution >= 0.6 is 0 Å². The minimum atomic E-state index is -0.381. The van der Waals surface area contributed by atoms with Gasteiger partial charge in [-0.05, 0) is 89.2 Å². The van der Waals surface area contributed by atoms with Crippen molar-refractivity contribution in [2.24, 2.45) is 0 Å². The number of ether oxygens (including phenoxy) is 1. The molecule has 43 heavy (non-hydrogen) atoms. The summed E-state index contributed by atoms with van der Waals surface area (Å²) in [5, 5.41) is 0. The summed E-state index contributed by atoms with van der Waals surface area (Å²) >= 11 is 0. The molecule has 0 N–H and O–H groups in total. The minimum Gasteiger partial charge on any atom is -0.457 e. The van der Waals surface area contributed by atoms with E-state index in [0.29, 0.717) is 5.57 Å². The van der Waals surface area contributed by atoms with E-state index in [1.807, 2.05) is 30.3 Å². The molecule has 0 aliphatic heterocycles. The van der Waals surface area contributed by atoms with Crippen LogP contribution in [0.4, 0.5) is 17.1 Å². The summed E-state index contributed by atoms with van der Waals surface area (Å²) in [6, 6.07) is 46.6. The summed E-state index contributed by atoms with van der Waals surface area (Å²) in [7, 11) is 0. The molecule has 3 nitrogen and oxygen atoms in total. The Bertz CT molecular complexity index is 1670. The fourth-order valence-electron chi connectivity index (χ4n) is 5.01. The molecule has 5 aromatic carbocycles. The maximum Gasteiger partial charge on any atom is 0.333 e. The van der Waals surface area contributed by atoms with Gasteiger partial charge in [0.1, 0.15) is 6.61 Å².